The van der Waals surface area contributed by atoms with Crippen LogP contribution in [0.25, 0.3) is 11.1 Å². The van der Waals surface area contributed by atoms with Crippen molar-refractivity contribution in [2.45, 2.75) is 30.8 Å². The van der Waals surface area contributed by atoms with Gasteiger partial charge in [-0.3, -0.25) is 4.90 Å². The second-order valence-electron chi connectivity index (χ2n) is 9.53. The minimum absolute atomic E-state index is 0.00462. The predicted octanol–water partition coefficient (Wildman–Crippen LogP) is 5.59. The molecule has 178 valence electrons. The van der Waals surface area contributed by atoms with E-state index in [1.807, 2.05) is 17.0 Å². The molecule has 3 aromatic rings. The fourth-order valence-electron chi connectivity index (χ4n) is 5.81. The van der Waals surface area contributed by atoms with Crippen LogP contribution < -0.4 is 4.74 Å². The lowest BCUT2D eigenvalue weighted by atomic mass is 9.90. The van der Waals surface area contributed by atoms with E-state index in [1.54, 1.807) is 7.11 Å². The van der Waals surface area contributed by atoms with E-state index in [0.717, 1.165) is 18.6 Å². The first kappa shape index (κ1) is 21.9. The van der Waals surface area contributed by atoms with Gasteiger partial charge in [0.25, 0.3) is 0 Å². The van der Waals surface area contributed by atoms with Crippen molar-refractivity contribution in [3.8, 4) is 16.9 Å². The minimum Gasteiger partial charge on any atom is -0.497 e. The number of carbonyl (C=O) groups excluding carboxylic acids is 1. The van der Waals surface area contributed by atoms with Gasteiger partial charge in [-0.1, -0.05) is 72.3 Å². The Labute approximate surface area is 205 Å². The van der Waals surface area contributed by atoms with Crippen LogP contribution in [0.2, 0.25) is 0 Å². The van der Waals surface area contributed by atoms with Crippen molar-refractivity contribution in [1.29, 1.82) is 0 Å². The molecule has 0 N–H and O–H groups in total. The maximum absolute atomic E-state index is 13.3. The molecule has 3 aliphatic rings. The maximum Gasteiger partial charge on any atom is 0.410 e. The summed E-state index contributed by atoms with van der Waals surface area (Å²) in [7, 11) is 1.69. The summed E-state index contributed by atoms with van der Waals surface area (Å²) in [6.07, 6.45) is 3.58. The third-order valence-corrected chi connectivity index (χ3v) is 7.39. The van der Waals surface area contributed by atoms with Crippen LogP contribution in [0.5, 0.6) is 5.75 Å². The zero-order chi connectivity index (χ0) is 23.8. The van der Waals surface area contributed by atoms with Gasteiger partial charge in [-0.25, -0.2) is 4.79 Å². The third-order valence-electron chi connectivity index (χ3n) is 7.39. The number of methoxy groups -OCH3 is 1. The zero-order valence-corrected chi connectivity index (χ0v) is 19.9. The number of hydrogen-bond donors (Lipinski definition) is 0. The Bertz CT molecular complexity index is 1240. The number of nitrogens with zero attached hydrogens (tertiary/aromatic N) is 1. The second-order valence-corrected chi connectivity index (χ2v) is 9.53. The van der Waals surface area contributed by atoms with E-state index in [4.69, 9.17) is 14.2 Å². The Morgan fingerprint density at radius 2 is 1.71 bits per heavy atom. The number of ether oxygens (including phenoxy) is 3. The summed E-state index contributed by atoms with van der Waals surface area (Å²) >= 11 is 0. The van der Waals surface area contributed by atoms with Crippen LogP contribution in [0.3, 0.4) is 0 Å². The molecule has 2 aliphatic heterocycles. The number of benzene rings is 3. The van der Waals surface area contributed by atoms with E-state index in [9.17, 15) is 4.79 Å². The molecule has 1 fully saturated rings. The molecule has 5 heteroatoms. The average molecular weight is 468 g/mol. The highest BCUT2D eigenvalue weighted by atomic mass is 16.6. The van der Waals surface area contributed by atoms with Crippen LogP contribution in [-0.4, -0.2) is 50.0 Å². The molecule has 0 radical (unpaired) electrons. The van der Waals surface area contributed by atoms with Crippen molar-refractivity contribution in [2.75, 3.05) is 26.9 Å². The molecule has 1 amide bonds. The Kier molecular flexibility index (Phi) is 5.78. The quantitative estimate of drug-likeness (QED) is 0.459. The molecule has 2 atom stereocenters. The first-order chi connectivity index (χ1) is 17.2. The second kappa shape index (κ2) is 9.23. The van der Waals surface area contributed by atoms with Crippen molar-refractivity contribution >= 4 is 6.09 Å². The van der Waals surface area contributed by atoms with Crippen molar-refractivity contribution in [3.63, 3.8) is 0 Å². The zero-order valence-electron chi connectivity index (χ0n) is 19.9. The van der Waals surface area contributed by atoms with E-state index >= 15 is 0 Å². The lowest BCUT2D eigenvalue weighted by Crippen LogP contribution is -2.56. The molecule has 2 unspecified atom stereocenters. The summed E-state index contributed by atoms with van der Waals surface area (Å²) in [5, 5.41) is 0. The monoisotopic (exact) mass is 467 g/mol. The number of morpholine rings is 1. The molecule has 5 nitrogen and oxygen atoms in total. The summed E-state index contributed by atoms with van der Waals surface area (Å²) in [6.45, 7) is 1.38. The van der Waals surface area contributed by atoms with Gasteiger partial charge in [0.05, 0.1) is 32.4 Å². The summed E-state index contributed by atoms with van der Waals surface area (Å²) in [6, 6.07) is 24.9. The van der Waals surface area contributed by atoms with Crippen LogP contribution in [-0.2, 0) is 15.9 Å². The molecule has 1 aliphatic carbocycles. The Morgan fingerprint density at radius 1 is 0.971 bits per heavy atom. The Hall–Kier alpha value is -3.57. The standard InChI is InChI=1S/C30H29NO4/c1-33-24-8-6-7-20(16-24)13-21-14-22-17-34-18-23(15-21)31(22)30(32)35-19-29-27-11-4-2-9-25(27)26-10-3-5-12-28(26)29/h2-12,14,16,22-23,29H,13,15,17-19H2,1H3. The summed E-state index contributed by atoms with van der Waals surface area (Å²) < 4.78 is 17.2. The SMILES string of the molecule is COc1cccc(CC2=CC3COCC(C2)N3C(=O)OCC2c3ccccc3-c3ccccc32)c1. The minimum atomic E-state index is -0.248. The fraction of sp³-hybridized carbons (Fsp3) is 0.300. The van der Waals surface area contributed by atoms with Gasteiger partial charge in [0.15, 0.2) is 0 Å². The number of fused-ring (bicyclic) bond motifs is 5. The van der Waals surface area contributed by atoms with Gasteiger partial charge < -0.3 is 14.2 Å². The van der Waals surface area contributed by atoms with Crippen molar-refractivity contribution < 1.29 is 19.0 Å². The van der Waals surface area contributed by atoms with Gasteiger partial charge in [-0.15, -0.1) is 0 Å². The summed E-state index contributed by atoms with van der Waals surface area (Å²) in [4.78, 5) is 15.2. The largest absolute Gasteiger partial charge is 0.497 e. The fourth-order valence-corrected chi connectivity index (χ4v) is 5.81. The molecule has 0 aromatic heterocycles. The van der Waals surface area contributed by atoms with E-state index in [2.05, 4.69) is 66.7 Å². The first-order valence-electron chi connectivity index (χ1n) is 12.2. The van der Waals surface area contributed by atoms with E-state index in [0.29, 0.717) is 19.8 Å². The van der Waals surface area contributed by atoms with Crippen LogP contribution in [0.1, 0.15) is 29.0 Å². The Balaban J connectivity index is 1.17. The molecule has 35 heavy (non-hydrogen) atoms. The molecule has 1 saturated heterocycles. The van der Waals surface area contributed by atoms with Crippen LogP contribution >= 0.6 is 0 Å². The molecular weight excluding hydrogens is 438 g/mol. The molecule has 3 aromatic carbocycles. The number of rotatable bonds is 5. The van der Waals surface area contributed by atoms with Crippen molar-refractivity contribution in [3.05, 3.63) is 101 Å². The molecular formula is C30H29NO4. The maximum atomic E-state index is 13.3. The Morgan fingerprint density at radius 3 is 2.43 bits per heavy atom. The van der Waals surface area contributed by atoms with Crippen LogP contribution in [0.15, 0.2) is 84.4 Å². The van der Waals surface area contributed by atoms with Gasteiger partial charge in [0, 0.05) is 5.92 Å². The van der Waals surface area contributed by atoms with E-state index < -0.39 is 0 Å². The van der Waals surface area contributed by atoms with Gasteiger partial charge in [0.2, 0.25) is 0 Å². The van der Waals surface area contributed by atoms with E-state index in [-0.39, 0.29) is 24.1 Å². The molecule has 0 saturated carbocycles. The number of amides is 1. The summed E-state index contributed by atoms with van der Waals surface area (Å²) in [5.41, 5.74) is 7.46. The van der Waals surface area contributed by atoms with Gasteiger partial charge in [-0.2, -0.15) is 0 Å². The first-order valence-corrected chi connectivity index (χ1v) is 12.2. The van der Waals surface area contributed by atoms with Gasteiger partial charge in [-0.05, 0) is 52.8 Å². The number of hydrogen-bond acceptors (Lipinski definition) is 4. The topological polar surface area (TPSA) is 48.0 Å². The third kappa shape index (κ3) is 4.10. The highest BCUT2D eigenvalue weighted by Crippen LogP contribution is 2.44. The van der Waals surface area contributed by atoms with Crippen LogP contribution in [0, 0.1) is 0 Å². The highest BCUT2D eigenvalue weighted by Gasteiger charge is 2.39. The molecule has 2 bridgehead atoms. The van der Waals surface area contributed by atoms with Crippen molar-refractivity contribution in [1.82, 2.24) is 4.90 Å². The van der Waals surface area contributed by atoms with Crippen molar-refractivity contribution in [2.24, 2.45) is 0 Å². The lowest BCUT2D eigenvalue weighted by molar-refractivity contribution is -0.0363. The molecule has 6 rings (SSSR count). The normalized spacial score (nSPS) is 20.6. The average Bonchev–Trinajstić information content (AvgIpc) is 3.20. The molecule has 0 spiro atoms. The smallest absolute Gasteiger partial charge is 0.410 e. The molecule has 2 heterocycles. The number of carbonyl (C=O) groups is 1. The van der Waals surface area contributed by atoms with Gasteiger partial charge in [0.1, 0.15) is 12.4 Å². The van der Waals surface area contributed by atoms with E-state index in [1.165, 1.54) is 33.4 Å². The highest BCUT2D eigenvalue weighted by molar-refractivity contribution is 5.79. The van der Waals surface area contributed by atoms with Gasteiger partial charge >= 0.3 is 6.09 Å². The summed E-state index contributed by atoms with van der Waals surface area (Å²) in [5.74, 6) is 0.925. The predicted molar refractivity (Wildman–Crippen MR) is 135 cm³/mol. The van der Waals surface area contributed by atoms with Crippen LogP contribution in [0.4, 0.5) is 4.79 Å². The lowest BCUT2D eigenvalue weighted by Gasteiger charge is -2.44.